The van der Waals surface area contributed by atoms with E-state index in [4.69, 9.17) is 14.7 Å². The van der Waals surface area contributed by atoms with E-state index in [0.717, 1.165) is 41.6 Å². The van der Waals surface area contributed by atoms with E-state index in [1.165, 1.54) is 79.4 Å². The molecular weight excluding hydrogens is 467 g/mol. The Morgan fingerprint density at radius 1 is 0.879 bits per heavy atom. The van der Waals surface area contributed by atoms with Crippen molar-refractivity contribution in [2.24, 2.45) is 0 Å². The minimum absolute atomic E-state index is 0.435. The van der Waals surface area contributed by atoms with Gasteiger partial charge in [0.1, 0.15) is 0 Å². The van der Waals surface area contributed by atoms with Gasteiger partial charge in [0, 0.05) is 0 Å². The summed E-state index contributed by atoms with van der Waals surface area (Å²) in [5.41, 5.74) is 7.63. The third-order valence-electron chi connectivity index (χ3n) is 7.45. The minimum atomic E-state index is 0.435. The van der Waals surface area contributed by atoms with Gasteiger partial charge in [0.2, 0.25) is 0 Å². The number of ether oxygens (including phenoxy) is 1. The molecule has 4 heteroatoms. The van der Waals surface area contributed by atoms with E-state index < -0.39 is 0 Å². The molecule has 0 saturated heterocycles. The molecular formula is C29H43AsN2O. The topological polar surface area (TPSA) is 35.0 Å². The van der Waals surface area contributed by atoms with Gasteiger partial charge in [0.25, 0.3) is 0 Å². The van der Waals surface area contributed by atoms with Crippen LogP contribution in [0.4, 0.5) is 0 Å². The van der Waals surface area contributed by atoms with Crippen LogP contribution in [-0.4, -0.2) is 33.9 Å². The van der Waals surface area contributed by atoms with Gasteiger partial charge in [-0.1, -0.05) is 0 Å². The molecule has 180 valence electrons. The fourth-order valence-corrected chi connectivity index (χ4v) is 6.11. The SMILES string of the molecule is CCCCC(CC)c1nc(-c2c(OC)ccc3c2CCCC3)c(C(CC)CCCC)nc1[As]. The standard InChI is InChI=1S/C29H43AsN2O/c1-6-10-14-20(8-3)26-28(31-27(29(30)32-26)21(9-4)15-11-7-2)25-23-17-13-12-16-22(23)18-19-24(25)33-5/h18-21H,6-17H2,1-5H3. The predicted octanol–water partition coefficient (Wildman–Crippen LogP) is 7.19. The maximum atomic E-state index is 5.97. The number of nitrogens with zero attached hydrogens (tertiary/aromatic N) is 2. The van der Waals surface area contributed by atoms with Crippen LogP contribution in [0.2, 0.25) is 0 Å². The van der Waals surface area contributed by atoms with Crippen LogP contribution in [0, 0.1) is 0 Å². The molecule has 1 aromatic carbocycles. The molecule has 0 spiro atoms. The Hall–Kier alpha value is -1.34. The zero-order valence-electron chi connectivity index (χ0n) is 21.5. The van der Waals surface area contributed by atoms with Crippen molar-refractivity contribution in [2.45, 2.75) is 117 Å². The fraction of sp³-hybridized carbons (Fsp3) is 0.655. The van der Waals surface area contributed by atoms with E-state index in [-0.39, 0.29) is 0 Å². The molecule has 0 amide bonds. The molecule has 2 radical (unpaired) electrons. The van der Waals surface area contributed by atoms with Gasteiger partial charge in [-0.25, -0.2) is 0 Å². The van der Waals surface area contributed by atoms with Crippen molar-refractivity contribution >= 4 is 21.3 Å². The van der Waals surface area contributed by atoms with E-state index in [9.17, 15) is 0 Å². The number of aryl methyl sites for hydroxylation is 1. The number of methoxy groups -OCH3 is 1. The van der Waals surface area contributed by atoms with Gasteiger partial charge in [0.15, 0.2) is 0 Å². The second-order valence-electron chi connectivity index (χ2n) is 9.65. The maximum absolute atomic E-state index is 5.97. The van der Waals surface area contributed by atoms with E-state index in [0.29, 0.717) is 11.8 Å². The summed E-state index contributed by atoms with van der Waals surface area (Å²) in [6.07, 6.45) is 14.2. The van der Waals surface area contributed by atoms with E-state index in [2.05, 4.69) is 56.7 Å². The summed E-state index contributed by atoms with van der Waals surface area (Å²) in [4.78, 5) is 10.8. The Balaban J connectivity index is 2.26. The average Bonchev–Trinajstić information content (AvgIpc) is 2.85. The summed E-state index contributed by atoms with van der Waals surface area (Å²) >= 11 is 2.75. The molecule has 0 N–H and O–H groups in total. The molecule has 0 aliphatic heterocycles. The Morgan fingerprint density at radius 3 is 2.12 bits per heavy atom. The van der Waals surface area contributed by atoms with E-state index in [1.54, 1.807) is 7.11 Å². The van der Waals surface area contributed by atoms with Gasteiger partial charge in [-0.05, 0) is 0 Å². The molecule has 2 atom stereocenters. The van der Waals surface area contributed by atoms with Crippen molar-refractivity contribution in [3.63, 3.8) is 0 Å². The van der Waals surface area contributed by atoms with Crippen LogP contribution in [0.1, 0.15) is 126 Å². The van der Waals surface area contributed by atoms with Crippen molar-refractivity contribution in [2.75, 3.05) is 7.11 Å². The van der Waals surface area contributed by atoms with Crippen molar-refractivity contribution in [1.29, 1.82) is 0 Å². The summed E-state index contributed by atoms with van der Waals surface area (Å²) in [5, 5.41) is 0. The van der Waals surface area contributed by atoms with Gasteiger partial charge in [-0.2, -0.15) is 0 Å². The van der Waals surface area contributed by atoms with Crippen LogP contribution >= 0.6 is 0 Å². The Labute approximate surface area is 211 Å². The molecule has 3 rings (SSSR count). The van der Waals surface area contributed by atoms with Crippen molar-refractivity contribution in [3.05, 3.63) is 34.6 Å². The zero-order chi connectivity index (χ0) is 23.8. The molecule has 2 aromatic rings. The summed E-state index contributed by atoms with van der Waals surface area (Å²) in [5.74, 6) is 1.86. The molecule has 0 saturated carbocycles. The Bertz CT molecular complexity index is 911. The second kappa shape index (κ2) is 12.9. The quantitative estimate of drug-likeness (QED) is 0.284. The van der Waals surface area contributed by atoms with Crippen molar-refractivity contribution in [1.82, 2.24) is 9.97 Å². The molecule has 0 fully saturated rings. The fourth-order valence-electron chi connectivity index (χ4n) is 5.40. The zero-order valence-corrected chi connectivity index (χ0v) is 23.4. The summed E-state index contributed by atoms with van der Waals surface area (Å²) in [7, 11) is 1.80. The third kappa shape index (κ3) is 6.02. The van der Waals surface area contributed by atoms with Crippen LogP contribution in [0.15, 0.2) is 12.1 Å². The summed E-state index contributed by atoms with van der Waals surface area (Å²) < 4.78 is 7.04. The van der Waals surface area contributed by atoms with Crippen LogP contribution in [-0.2, 0) is 12.8 Å². The van der Waals surface area contributed by atoms with Crippen molar-refractivity contribution < 1.29 is 4.74 Å². The molecule has 1 heterocycles. The van der Waals surface area contributed by atoms with Crippen LogP contribution in [0.3, 0.4) is 0 Å². The first-order valence-electron chi connectivity index (χ1n) is 13.4. The first-order chi connectivity index (χ1) is 16.1. The number of hydrogen-bond acceptors (Lipinski definition) is 3. The monoisotopic (exact) mass is 510 g/mol. The number of benzene rings is 1. The van der Waals surface area contributed by atoms with Gasteiger partial charge >= 0.3 is 211 Å². The van der Waals surface area contributed by atoms with Gasteiger partial charge in [-0.15, -0.1) is 0 Å². The Kier molecular flexibility index (Phi) is 10.3. The Morgan fingerprint density at radius 2 is 1.52 bits per heavy atom. The predicted molar refractivity (Wildman–Crippen MR) is 141 cm³/mol. The van der Waals surface area contributed by atoms with Gasteiger partial charge in [-0.3, -0.25) is 0 Å². The third-order valence-corrected chi connectivity index (χ3v) is 8.14. The van der Waals surface area contributed by atoms with E-state index >= 15 is 0 Å². The molecule has 2 unspecified atom stereocenters. The molecule has 1 aromatic heterocycles. The number of aromatic nitrogens is 2. The first kappa shape index (κ1) is 26.3. The van der Waals surface area contributed by atoms with E-state index in [1.807, 2.05) is 0 Å². The van der Waals surface area contributed by atoms with Crippen LogP contribution in [0.5, 0.6) is 5.75 Å². The van der Waals surface area contributed by atoms with Gasteiger partial charge < -0.3 is 0 Å². The molecule has 1 aliphatic rings. The van der Waals surface area contributed by atoms with Crippen molar-refractivity contribution in [3.8, 4) is 17.0 Å². The van der Waals surface area contributed by atoms with Gasteiger partial charge in [0.05, 0.1) is 0 Å². The molecule has 1 aliphatic carbocycles. The van der Waals surface area contributed by atoms with Crippen LogP contribution < -0.4 is 9.22 Å². The average molecular weight is 511 g/mol. The number of fused-ring (bicyclic) bond motifs is 1. The number of rotatable bonds is 12. The molecule has 33 heavy (non-hydrogen) atoms. The molecule has 3 nitrogen and oxygen atoms in total. The van der Waals surface area contributed by atoms with Crippen LogP contribution in [0.25, 0.3) is 11.3 Å². The second-order valence-corrected chi connectivity index (χ2v) is 10.5. The number of hydrogen-bond donors (Lipinski definition) is 0. The summed E-state index contributed by atoms with van der Waals surface area (Å²) in [6, 6.07) is 4.45. The normalized spacial score (nSPS) is 15.2. The molecule has 0 bridgehead atoms. The number of unbranched alkanes of at least 4 members (excludes halogenated alkanes) is 2. The summed E-state index contributed by atoms with van der Waals surface area (Å²) in [6.45, 7) is 9.15. The first-order valence-corrected chi connectivity index (χ1v) is 14.3.